The van der Waals surface area contributed by atoms with Crippen LogP contribution in [0.4, 0.5) is 0 Å². The van der Waals surface area contributed by atoms with Crippen molar-refractivity contribution in [3.05, 3.63) is 0 Å². The second kappa shape index (κ2) is 5.69. The summed E-state index contributed by atoms with van der Waals surface area (Å²) in [5.74, 6) is -2.76. The highest BCUT2D eigenvalue weighted by Crippen LogP contribution is 2.61. The summed E-state index contributed by atoms with van der Waals surface area (Å²) in [6, 6.07) is 0. The summed E-state index contributed by atoms with van der Waals surface area (Å²) in [6.45, 7) is 0. The standard InChI is InChI=1S/C11H16O3.C9H10O5/c12-9(13)10-2-7-1-8(3-10)5-11(14,4-7)6-10;10-6-2-1-3-5(4(2)8(11)12)9(13)14-7(3)6/h7-8,14H,1-6H2,(H,12,13);2-7,10H,1H2,(H,11,12). The summed E-state index contributed by atoms with van der Waals surface area (Å²) in [6.07, 6.45) is 4.36. The van der Waals surface area contributed by atoms with Crippen LogP contribution in [0, 0.1) is 40.9 Å². The maximum atomic E-state index is 11.4. The molecule has 1 aliphatic heterocycles. The van der Waals surface area contributed by atoms with E-state index < -0.39 is 53.0 Å². The topological polar surface area (TPSA) is 141 Å². The Labute approximate surface area is 161 Å². The minimum absolute atomic E-state index is 0.0661. The Morgan fingerprint density at radius 1 is 1.00 bits per heavy atom. The number of fused-ring (bicyclic) bond motifs is 1. The van der Waals surface area contributed by atoms with Crippen LogP contribution in [0.1, 0.15) is 44.9 Å². The number of carboxylic acid groups (broad SMARTS) is 2. The lowest BCUT2D eigenvalue weighted by atomic mass is 9.48. The molecule has 7 rings (SSSR count). The summed E-state index contributed by atoms with van der Waals surface area (Å²) in [7, 11) is 0. The molecule has 0 spiro atoms. The molecule has 0 amide bonds. The van der Waals surface area contributed by atoms with Crippen molar-refractivity contribution in [2.24, 2.45) is 40.9 Å². The Morgan fingerprint density at radius 2 is 1.64 bits per heavy atom. The van der Waals surface area contributed by atoms with E-state index in [4.69, 9.17) is 9.84 Å². The van der Waals surface area contributed by atoms with Crippen LogP contribution in [0.25, 0.3) is 0 Å². The first-order valence-corrected chi connectivity index (χ1v) is 10.2. The number of carbonyl (C=O) groups is 3. The number of aliphatic hydroxyl groups is 2. The average molecular weight is 394 g/mol. The number of aliphatic hydroxyl groups excluding tert-OH is 1. The van der Waals surface area contributed by atoms with E-state index in [2.05, 4.69) is 0 Å². The molecule has 1 heterocycles. The Kier molecular flexibility index (Phi) is 3.73. The highest BCUT2D eigenvalue weighted by atomic mass is 16.6. The first-order valence-electron chi connectivity index (χ1n) is 10.2. The van der Waals surface area contributed by atoms with E-state index in [9.17, 15) is 29.7 Å². The summed E-state index contributed by atoms with van der Waals surface area (Å²) in [5.41, 5.74) is -1.21. The van der Waals surface area contributed by atoms with Crippen LogP contribution in [-0.4, -0.2) is 56.1 Å². The number of carboxylic acids is 2. The van der Waals surface area contributed by atoms with Gasteiger partial charge >= 0.3 is 17.9 Å². The Hall–Kier alpha value is -1.67. The first kappa shape index (κ1) is 18.4. The van der Waals surface area contributed by atoms with Gasteiger partial charge < -0.3 is 25.2 Å². The molecule has 4 N–H and O–H groups in total. The van der Waals surface area contributed by atoms with Gasteiger partial charge in [-0.05, 0) is 56.8 Å². The van der Waals surface area contributed by atoms with Crippen molar-refractivity contribution in [1.82, 2.24) is 0 Å². The second-order valence-electron chi connectivity index (χ2n) is 10.1. The predicted octanol–water partition coefficient (Wildman–Crippen LogP) is 0.642. The zero-order chi connectivity index (χ0) is 20.0. The highest BCUT2D eigenvalue weighted by molar-refractivity contribution is 5.85. The lowest BCUT2D eigenvalue weighted by molar-refractivity contribution is -0.191. The minimum Gasteiger partial charge on any atom is -0.481 e. The zero-order valence-electron chi connectivity index (χ0n) is 15.5. The van der Waals surface area contributed by atoms with Crippen LogP contribution in [0.5, 0.6) is 0 Å². The number of carbonyl (C=O) groups excluding carboxylic acids is 1. The number of aliphatic carboxylic acids is 2. The Morgan fingerprint density at radius 3 is 2.18 bits per heavy atom. The average Bonchev–Trinajstić information content (AvgIpc) is 3.17. The van der Waals surface area contributed by atoms with Gasteiger partial charge in [0.1, 0.15) is 6.10 Å². The maximum Gasteiger partial charge on any atom is 0.310 e. The molecule has 8 heteroatoms. The predicted molar refractivity (Wildman–Crippen MR) is 91.8 cm³/mol. The number of ether oxygens (including phenoxy) is 1. The van der Waals surface area contributed by atoms with Crippen LogP contribution >= 0.6 is 0 Å². The molecular formula is C20H26O8. The number of hydrogen-bond donors (Lipinski definition) is 4. The molecule has 8 nitrogen and oxygen atoms in total. The SMILES string of the molecule is O=C(O)C12CC3CC(CC(O)(C3)C1)C2.O=C(O)C1C2CC3C(OC(=O)C31)C2O. The quantitative estimate of drug-likeness (QED) is 0.500. The lowest BCUT2D eigenvalue weighted by Gasteiger charge is -2.58. The van der Waals surface area contributed by atoms with Gasteiger partial charge in [0.2, 0.25) is 0 Å². The maximum absolute atomic E-state index is 11.4. The van der Waals surface area contributed by atoms with Gasteiger partial charge in [-0.15, -0.1) is 0 Å². The third kappa shape index (κ3) is 2.40. The van der Waals surface area contributed by atoms with Gasteiger partial charge in [-0.1, -0.05) is 0 Å². The number of hydrogen-bond acceptors (Lipinski definition) is 6. The largest absolute Gasteiger partial charge is 0.481 e. The molecule has 7 aliphatic rings. The van der Waals surface area contributed by atoms with Crippen LogP contribution in [0.3, 0.4) is 0 Å². The fourth-order valence-electron chi connectivity index (χ4n) is 7.82. The molecule has 1 saturated heterocycles. The van der Waals surface area contributed by atoms with E-state index in [0.717, 1.165) is 32.1 Å². The molecule has 0 aromatic rings. The first-order chi connectivity index (χ1) is 13.1. The van der Waals surface area contributed by atoms with Crippen molar-refractivity contribution in [3.8, 4) is 0 Å². The van der Waals surface area contributed by atoms with Crippen LogP contribution in [0.15, 0.2) is 0 Å². The molecule has 28 heavy (non-hydrogen) atoms. The molecular weight excluding hydrogens is 368 g/mol. The fourth-order valence-corrected chi connectivity index (χ4v) is 7.82. The minimum atomic E-state index is -0.987. The van der Waals surface area contributed by atoms with Gasteiger partial charge in [-0.3, -0.25) is 14.4 Å². The Balaban J connectivity index is 0.000000122. The van der Waals surface area contributed by atoms with Gasteiger partial charge in [0.05, 0.1) is 29.0 Å². The highest BCUT2D eigenvalue weighted by Gasteiger charge is 2.68. The van der Waals surface area contributed by atoms with Crippen molar-refractivity contribution < 1.29 is 39.5 Å². The monoisotopic (exact) mass is 394 g/mol. The van der Waals surface area contributed by atoms with Crippen molar-refractivity contribution in [2.45, 2.75) is 62.8 Å². The van der Waals surface area contributed by atoms with E-state index in [-0.39, 0.29) is 11.8 Å². The van der Waals surface area contributed by atoms with Crippen molar-refractivity contribution in [3.63, 3.8) is 0 Å². The third-order valence-corrected chi connectivity index (χ3v) is 8.34. The third-order valence-electron chi connectivity index (χ3n) is 8.34. The lowest BCUT2D eigenvalue weighted by Crippen LogP contribution is -2.58. The smallest absolute Gasteiger partial charge is 0.310 e. The van der Waals surface area contributed by atoms with E-state index in [1.165, 1.54) is 0 Å². The van der Waals surface area contributed by atoms with Gasteiger partial charge in [0.15, 0.2) is 0 Å². The molecule has 154 valence electrons. The van der Waals surface area contributed by atoms with Crippen molar-refractivity contribution in [2.75, 3.05) is 0 Å². The van der Waals surface area contributed by atoms with Crippen LogP contribution in [-0.2, 0) is 19.1 Å². The van der Waals surface area contributed by atoms with Gasteiger partial charge in [0.25, 0.3) is 0 Å². The van der Waals surface area contributed by atoms with Gasteiger partial charge in [-0.2, -0.15) is 0 Å². The van der Waals surface area contributed by atoms with E-state index >= 15 is 0 Å². The van der Waals surface area contributed by atoms with E-state index in [0.29, 0.717) is 24.7 Å². The summed E-state index contributed by atoms with van der Waals surface area (Å²) in [5, 5.41) is 38.2. The van der Waals surface area contributed by atoms with Gasteiger partial charge in [-0.25, -0.2) is 0 Å². The molecule has 0 aromatic carbocycles. The molecule has 6 aliphatic carbocycles. The number of rotatable bonds is 2. The second-order valence-corrected chi connectivity index (χ2v) is 10.1. The molecule has 8 unspecified atom stereocenters. The van der Waals surface area contributed by atoms with E-state index in [1.54, 1.807) is 0 Å². The normalized spacial score (nSPS) is 54.3. The molecule has 0 aromatic heterocycles. The summed E-state index contributed by atoms with van der Waals surface area (Å²) >= 11 is 0. The fraction of sp³-hybridized carbons (Fsp3) is 0.850. The van der Waals surface area contributed by atoms with Crippen LogP contribution in [0.2, 0.25) is 0 Å². The zero-order valence-corrected chi connectivity index (χ0v) is 15.5. The Bertz CT molecular complexity index is 732. The molecule has 6 saturated carbocycles. The number of esters is 1. The molecule has 8 atom stereocenters. The van der Waals surface area contributed by atoms with Crippen molar-refractivity contribution in [1.29, 1.82) is 0 Å². The molecule has 6 bridgehead atoms. The van der Waals surface area contributed by atoms with Gasteiger partial charge in [0, 0.05) is 11.8 Å². The van der Waals surface area contributed by atoms with Crippen molar-refractivity contribution >= 4 is 17.9 Å². The summed E-state index contributed by atoms with van der Waals surface area (Å²) < 4.78 is 4.98. The van der Waals surface area contributed by atoms with E-state index in [1.807, 2.05) is 0 Å². The van der Waals surface area contributed by atoms with Crippen LogP contribution < -0.4 is 0 Å². The summed E-state index contributed by atoms with van der Waals surface area (Å²) in [4.78, 5) is 33.6. The molecule has 0 radical (unpaired) electrons. The molecule has 7 fully saturated rings.